The molecule has 2 unspecified atom stereocenters. The van der Waals surface area contributed by atoms with Crippen LogP contribution in [0, 0.1) is 24.2 Å². The van der Waals surface area contributed by atoms with Gasteiger partial charge in [0.15, 0.2) is 0 Å². The SMILES string of the molecule is COC(=O)C1(C(=O)OC)CC(CS(=O)(=O)c2ccc(C)cc2)C(C(C)(C)[Se]c2ccccc2)C1. The summed E-state index contributed by atoms with van der Waals surface area (Å²) in [5, 5.41) is 0. The molecule has 0 bridgehead atoms. The number of ether oxygens (including phenoxy) is 2. The van der Waals surface area contributed by atoms with E-state index in [-0.39, 0.29) is 48.7 Å². The molecule has 0 radical (unpaired) electrons. The fourth-order valence-electron chi connectivity index (χ4n) is 5.00. The molecule has 0 aliphatic heterocycles. The van der Waals surface area contributed by atoms with E-state index in [2.05, 4.69) is 26.0 Å². The van der Waals surface area contributed by atoms with Gasteiger partial charge in [0.1, 0.15) is 0 Å². The van der Waals surface area contributed by atoms with Crippen LogP contribution in [-0.4, -0.2) is 55.3 Å². The second kappa shape index (κ2) is 10.2. The molecule has 0 N–H and O–H groups in total. The molecule has 1 fully saturated rings. The second-order valence-electron chi connectivity index (χ2n) is 9.45. The van der Waals surface area contributed by atoms with E-state index in [0.29, 0.717) is 0 Å². The van der Waals surface area contributed by atoms with Crippen LogP contribution < -0.4 is 4.46 Å². The average molecular weight is 552 g/mol. The Balaban J connectivity index is 2.02. The molecule has 34 heavy (non-hydrogen) atoms. The van der Waals surface area contributed by atoms with E-state index in [0.717, 1.165) is 5.56 Å². The van der Waals surface area contributed by atoms with Gasteiger partial charge in [0.25, 0.3) is 0 Å². The summed E-state index contributed by atoms with van der Waals surface area (Å²) in [6.45, 7) is 6.10. The van der Waals surface area contributed by atoms with Crippen molar-refractivity contribution >= 4 is 41.2 Å². The van der Waals surface area contributed by atoms with E-state index in [4.69, 9.17) is 9.47 Å². The summed E-state index contributed by atoms with van der Waals surface area (Å²) < 4.78 is 37.7. The van der Waals surface area contributed by atoms with Gasteiger partial charge in [-0.15, -0.1) is 0 Å². The maximum atomic E-state index is 13.4. The Labute approximate surface area is 208 Å². The molecule has 6 nitrogen and oxygen atoms in total. The number of benzene rings is 2. The van der Waals surface area contributed by atoms with E-state index in [9.17, 15) is 18.0 Å². The standard InChI is InChI=1S/C26H32O6SSe/c1-18-11-13-20(14-12-18)33(29,30)17-19-15-26(23(27)31-4,24(28)32-5)16-22(19)25(2,3)34-21-9-7-6-8-10-21/h6-14,19,22H,15-17H2,1-5H3. The van der Waals surface area contributed by atoms with Gasteiger partial charge in [-0.3, -0.25) is 0 Å². The van der Waals surface area contributed by atoms with E-state index >= 15 is 0 Å². The van der Waals surface area contributed by atoms with Gasteiger partial charge in [0.05, 0.1) is 0 Å². The van der Waals surface area contributed by atoms with Crippen LogP contribution in [-0.2, 0) is 28.9 Å². The van der Waals surface area contributed by atoms with Crippen LogP contribution >= 0.6 is 0 Å². The Morgan fingerprint density at radius 3 is 2.06 bits per heavy atom. The Bertz CT molecular complexity index is 1110. The van der Waals surface area contributed by atoms with Crippen molar-refractivity contribution in [1.82, 2.24) is 0 Å². The van der Waals surface area contributed by atoms with E-state index < -0.39 is 33.1 Å². The minimum atomic E-state index is -3.64. The number of rotatable bonds is 8. The average Bonchev–Trinajstić information content (AvgIpc) is 3.19. The van der Waals surface area contributed by atoms with Crippen molar-refractivity contribution in [3.63, 3.8) is 0 Å². The van der Waals surface area contributed by atoms with Crippen LogP contribution in [0.5, 0.6) is 0 Å². The number of carbonyl (C=O) groups excluding carboxylic acids is 2. The van der Waals surface area contributed by atoms with Gasteiger partial charge < -0.3 is 0 Å². The second-order valence-corrected chi connectivity index (χ2v) is 15.1. The van der Waals surface area contributed by atoms with Crippen molar-refractivity contribution < 1.29 is 27.5 Å². The molecule has 0 saturated heterocycles. The molecule has 1 saturated carbocycles. The zero-order valence-electron chi connectivity index (χ0n) is 20.2. The summed E-state index contributed by atoms with van der Waals surface area (Å²) in [5.41, 5.74) is -0.536. The first-order chi connectivity index (χ1) is 15.9. The van der Waals surface area contributed by atoms with E-state index in [1.165, 1.54) is 18.7 Å². The normalized spacial score (nSPS) is 20.0. The number of methoxy groups -OCH3 is 2. The molecular formula is C26H32O6SSe. The third-order valence-electron chi connectivity index (χ3n) is 6.73. The summed E-state index contributed by atoms with van der Waals surface area (Å²) in [4.78, 5) is 26.1. The van der Waals surface area contributed by atoms with Gasteiger partial charge in [0, 0.05) is 0 Å². The molecule has 3 rings (SSSR count). The molecule has 184 valence electrons. The number of sulfone groups is 1. The molecule has 1 aliphatic carbocycles. The van der Waals surface area contributed by atoms with Gasteiger partial charge in [-0.05, 0) is 0 Å². The Kier molecular flexibility index (Phi) is 7.96. The fourth-order valence-corrected chi connectivity index (χ4v) is 9.45. The van der Waals surface area contributed by atoms with Crippen LogP contribution in [0.15, 0.2) is 59.5 Å². The van der Waals surface area contributed by atoms with Crippen molar-refractivity contribution in [2.75, 3.05) is 20.0 Å². The number of carbonyl (C=O) groups is 2. The molecule has 0 aromatic heterocycles. The van der Waals surface area contributed by atoms with Crippen molar-refractivity contribution in [3.8, 4) is 0 Å². The van der Waals surface area contributed by atoms with Crippen LogP contribution in [0.4, 0.5) is 0 Å². The van der Waals surface area contributed by atoms with Crippen LogP contribution in [0.3, 0.4) is 0 Å². The predicted octanol–water partition coefficient (Wildman–Crippen LogP) is 3.36. The third-order valence-corrected chi connectivity index (χ3v) is 11.4. The van der Waals surface area contributed by atoms with Gasteiger partial charge >= 0.3 is 209 Å². The monoisotopic (exact) mass is 552 g/mol. The van der Waals surface area contributed by atoms with Crippen LogP contribution in [0.1, 0.15) is 32.3 Å². The number of aryl methyl sites for hydroxylation is 1. The molecule has 2 aromatic carbocycles. The first-order valence-electron chi connectivity index (χ1n) is 11.2. The Hall–Kier alpha value is -2.15. The fraction of sp³-hybridized carbons (Fsp3) is 0.462. The molecule has 1 aliphatic rings. The van der Waals surface area contributed by atoms with Crippen LogP contribution in [0.2, 0.25) is 4.31 Å². The topological polar surface area (TPSA) is 86.7 Å². The first kappa shape index (κ1) is 26.5. The van der Waals surface area contributed by atoms with Crippen LogP contribution in [0.25, 0.3) is 0 Å². The summed E-state index contributed by atoms with van der Waals surface area (Å²) >= 11 is -0.0207. The van der Waals surface area contributed by atoms with Gasteiger partial charge in [-0.2, -0.15) is 0 Å². The van der Waals surface area contributed by atoms with E-state index in [1.54, 1.807) is 24.3 Å². The zero-order chi connectivity index (χ0) is 25.1. The molecule has 2 aromatic rings. The molecule has 2 atom stereocenters. The summed E-state index contributed by atoms with van der Waals surface area (Å²) in [6, 6.07) is 16.8. The predicted molar refractivity (Wildman–Crippen MR) is 132 cm³/mol. The Morgan fingerprint density at radius 1 is 0.971 bits per heavy atom. The summed E-state index contributed by atoms with van der Waals surface area (Å²) in [5.74, 6) is -2.09. The van der Waals surface area contributed by atoms with Gasteiger partial charge in [-0.1, -0.05) is 0 Å². The van der Waals surface area contributed by atoms with Crippen molar-refractivity contribution in [1.29, 1.82) is 0 Å². The number of hydrogen-bond acceptors (Lipinski definition) is 6. The summed E-state index contributed by atoms with van der Waals surface area (Å²) in [7, 11) is -1.14. The van der Waals surface area contributed by atoms with Crippen molar-refractivity contribution in [2.24, 2.45) is 17.3 Å². The maximum absolute atomic E-state index is 13.4. The molecule has 8 heteroatoms. The third kappa shape index (κ3) is 5.40. The quantitative estimate of drug-likeness (QED) is 0.284. The molecule has 0 spiro atoms. The van der Waals surface area contributed by atoms with E-state index in [1.807, 2.05) is 25.1 Å². The number of esters is 2. The first-order valence-corrected chi connectivity index (χ1v) is 14.5. The molecule has 0 heterocycles. The van der Waals surface area contributed by atoms with Crippen molar-refractivity contribution in [2.45, 2.75) is 42.8 Å². The van der Waals surface area contributed by atoms with Gasteiger partial charge in [-0.25, -0.2) is 0 Å². The minimum absolute atomic E-state index is 0.0207. The summed E-state index contributed by atoms with van der Waals surface area (Å²) in [6.07, 6.45) is 0.276. The Morgan fingerprint density at radius 2 is 1.53 bits per heavy atom. The zero-order valence-corrected chi connectivity index (χ0v) is 22.8. The van der Waals surface area contributed by atoms with Crippen molar-refractivity contribution in [3.05, 3.63) is 60.2 Å². The molecule has 0 amide bonds. The number of hydrogen-bond donors (Lipinski definition) is 0. The molecular weight excluding hydrogens is 519 g/mol. The van der Waals surface area contributed by atoms with Gasteiger partial charge in [0.2, 0.25) is 0 Å².